The lowest BCUT2D eigenvalue weighted by Crippen LogP contribution is -2.36. The number of carbonyl (C=O) groups excluding carboxylic acids is 1. The first kappa shape index (κ1) is 15.8. The van der Waals surface area contributed by atoms with Crippen LogP contribution < -0.4 is 15.8 Å². The Morgan fingerprint density at radius 3 is 2.81 bits per heavy atom. The van der Waals surface area contributed by atoms with Gasteiger partial charge in [0.2, 0.25) is 0 Å². The van der Waals surface area contributed by atoms with Gasteiger partial charge in [0.05, 0.1) is 0 Å². The number of carbonyl (C=O) groups is 1. The van der Waals surface area contributed by atoms with E-state index in [1.807, 2.05) is 6.92 Å². The number of hydrogen-bond acceptors (Lipinski definition) is 3. The Labute approximate surface area is 124 Å². The summed E-state index contributed by atoms with van der Waals surface area (Å²) in [7, 11) is 0. The van der Waals surface area contributed by atoms with Gasteiger partial charge < -0.3 is 15.8 Å². The molecule has 2 rings (SSSR count). The van der Waals surface area contributed by atoms with Gasteiger partial charge >= 0.3 is 0 Å². The first-order valence-electron chi connectivity index (χ1n) is 7.51. The third-order valence-corrected chi connectivity index (χ3v) is 3.63. The second-order valence-corrected chi connectivity index (χ2v) is 5.78. The van der Waals surface area contributed by atoms with Crippen molar-refractivity contribution in [3.8, 4) is 5.75 Å². The summed E-state index contributed by atoms with van der Waals surface area (Å²) < 4.78 is 19.1. The SMILES string of the molecule is CC(N)Cc1ccc(OCC(=O)NC2CCCC2)c(F)c1. The summed E-state index contributed by atoms with van der Waals surface area (Å²) in [5.41, 5.74) is 6.51. The minimum absolute atomic E-state index is 0.0200. The highest BCUT2D eigenvalue weighted by Crippen LogP contribution is 2.20. The predicted molar refractivity (Wildman–Crippen MR) is 79.6 cm³/mol. The number of amides is 1. The number of nitrogens with two attached hydrogens (primary N) is 1. The van der Waals surface area contributed by atoms with Crippen LogP contribution in [-0.2, 0) is 11.2 Å². The molecular weight excluding hydrogens is 271 g/mol. The molecule has 0 aliphatic heterocycles. The van der Waals surface area contributed by atoms with Gasteiger partial charge in [-0.05, 0) is 43.9 Å². The Morgan fingerprint density at radius 2 is 2.19 bits per heavy atom. The van der Waals surface area contributed by atoms with Crippen LogP contribution in [0.4, 0.5) is 4.39 Å². The summed E-state index contributed by atoms with van der Waals surface area (Å²) in [4.78, 5) is 11.7. The summed E-state index contributed by atoms with van der Waals surface area (Å²) in [6, 6.07) is 4.97. The highest BCUT2D eigenvalue weighted by atomic mass is 19.1. The lowest BCUT2D eigenvalue weighted by atomic mass is 10.1. The van der Waals surface area contributed by atoms with Crippen LogP contribution in [-0.4, -0.2) is 24.6 Å². The fourth-order valence-corrected chi connectivity index (χ4v) is 2.64. The molecule has 1 amide bonds. The van der Waals surface area contributed by atoms with Crippen molar-refractivity contribution in [1.82, 2.24) is 5.32 Å². The summed E-state index contributed by atoms with van der Waals surface area (Å²) in [6.07, 6.45) is 4.96. The third-order valence-electron chi connectivity index (χ3n) is 3.63. The highest BCUT2D eigenvalue weighted by Gasteiger charge is 2.17. The number of rotatable bonds is 6. The Kier molecular flexibility index (Phi) is 5.56. The van der Waals surface area contributed by atoms with Gasteiger partial charge in [-0.2, -0.15) is 0 Å². The fraction of sp³-hybridized carbons (Fsp3) is 0.562. The molecule has 0 heterocycles. The summed E-state index contributed by atoms with van der Waals surface area (Å²) in [6.45, 7) is 1.72. The van der Waals surface area contributed by atoms with Crippen molar-refractivity contribution in [3.63, 3.8) is 0 Å². The number of ether oxygens (including phenoxy) is 1. The van der Waals surface area contributed by atoms with Gasteiger partial charge in [-0.25, -0.2) is 4.39 Å². The molecule has 5 heteroatoms. The lowest BCUT2D eigenvalue weighted by Gasteiger charge is -2.13. The minimum atomic E-state index is -0.457. The average Bonchev–Trinajstić information content (AvgIpc) is 2.90. The Balaban J connectivity index is 1.83. The van der Waals surface area contributed by atoms with Crippen molar-refractivity contribution in [2.75, 3.05) is 6.61 Å². The topological polar surface area (TPSA) is 64.3 Å². The van der Waals surface area contributed by atoms with Crippen molar-refractivity contribution >= 4 is 5.91 Å². The number of hydrogen-bond donors (Lipinski definition) is 2. The monoisotopic (exact) mass is 294 g/mol. The van der Waals surface area contributed by atoms with Crippen LogP contribution >= 0.6 is 0 Å². The quantitative estimate of drug-likeness (QED) is 0.845. The van der Waals surface area contributed by atoms with Crippen LogP contribution in [0.1, 0.15) is 38.2 Å². The summed E-state index contributed by atoms with van der Waals surface area (Å²) in [5.74, 6) is -0.548. The highest BCUT2D eigenvalue weighted by molar-refractivity contribution is 5.77. The van der Waals surface area contributed by atoms with Crippen molar-refractivity contribution in [3.05, 3.63) is 29.6 Å². The molecule has 21 heavy (non-hydrogen) atoms. The molecule has 1 fully saturated rings. The Morgan fingerprint density at radius 1 is 1.48 bits per heavy atom. The minimum Gasteiger partial charge on any atom is -0.481 e. The largest absolute Gasteiger partial charge is 0.481 e. The van der Waals surface area contributed by atoms with E-state index in [1.165, 1.54) is 6.07 Å². The zero-order chi connectivity index (χ0) is 15.2. The van der Waals surface area contributed by atoms with Crippen molar-refractivity contribution in [2.45, 2.75) is 51.1 Å². The van der Waals surface area contributed by atoms with E-state index in [1.54, 1.807) is 12.1 Å². The molecule has 1 atom stereocenters. The van der Waals surface area contributed by atoms with Gasteiger partial charge in [0, 0.05) is 12.1 Å². The normalized spacial score (nSPS) is 16.7. The van der Waals surface area contributed by atoms with Crippen molar-refractivity contribution in [1.29, 1.82) is 0 Å². The van der Waals surface area contributed by atoms with E-state index < -0.39 is 5.82 Å². The molecule has 1 aliphatic carbocycles. The predicted octanol–water partition coefficient (Wildman–Crippen LogP) is 2.15. The maximum atomic E-state index is 13.9. The molecule has 116 valence electrons. The number of benzene rings is 1. The van der Waals surface area contributed by atoms with Crippen LogP contribution in [0.3, 0.4) is 0 Å². The van der Waals surface area contributed by atoms with Crippen LogP contribution in [0, 0.1) is 5.82 Å². The second-order valence-electron chi connectivity index (χ2n) is 5.78. The molecule has 0 aromatic heterocycles. The molecule has 0 saturated heterocycles. The van der Waals surface area contributed by atoms with Crippen molar-refractivity contribution in [2.24, 2.45) is 5.73 Å². The van der Waals surface area contributed by atoms with Crippen LogP contribution in [0.5, 0.6) is 5.75 Å². The van der Waals surface area contributed by atoms with Gasteiger partial charge in [0.1, 0.15) is 0 Å². The van der Waals surface area contributed by atoms with Crippen LogP contribution in [0.15, 0.2) is 18.2 Å². The number of nitrogens with one attached hydrogen (secondary N) is 1. The first-order valence-corrected chi connectivity index (χ1v) is 7.51. The molecule has 3 N–H and O–H groups in total. The molecule has 0 bridgehead atoms. The molecule has 0 radical (unpaired) electrons. The van der Waals surface area contributed by atoms with Gasteiger partial charge in [0.25, 0.3) is 5.91 Å². The smallest absolute Gasteiger partial charge is 0.258 e. The van der Waals surface area contributed by atoms with E-state index in [0.717, 1.165) is 31.2 Å². The molecule has 1 aromatic carbocycles. The molecule has 4 nitrogen and oxygen atoms in total. The molecule has 1 aliphatic rings. The van der Waals surface area contributed by atoms with E-state index in [0.29, 0.717) is 6.42 Å². The van der Waals surface area contributed by atoms with E-state index in [2.05, 4.69) is 5.32 Å². The maximum absolute atomic E-state index is 13.9. The van der Waals surface area contributed by atoms with Gasteiger partial charge in [-0.15, -0.1) is 0 Å². The van der Waals surface area contributed by atoms with Gasteiger partial charge in [0.15, 0.2) is 18.2 Å². The third kappa shape index (κ3) is 5.01. The zero-order valence-corrected chi connectivity index (χ0v) is 12.4. The standard InChI is InChI=1S/C16H23FN2O2/c1-11(18)8-12-6-7-15(14(17)9-12)21-10-16(20)19-13-4-2-3-5-13/h6-7,9,11,13H,2-5,8,10,18H2,1H3,(H,19,20). The second kappa shape index (κ2) is 7.41. The first-order chi connectivity index (χ1) is 10.0. The molecule has 1 saturated carbocycles. The molecule has 1 unspecified atom stereocenters. The molecule has 1 aromatic rings. The maximum Gasteiger partial charge on any atom is 0.258 e. The Hall–Kier alpha value is -1.62. The zero-order valence-electron chi connectivity index (χ0n) is 12.4. The fourth-order valence-electron chi connectivity index (χ4n) is 2.64. The van der Waals surface area contributed by atoms with E-state index in [-0.39, 0.29) is 30.3 Å². The van der Waals surface area contributed by atoms with Crippen LogP contribution in [0.25, 0.3) is 0 Å². The average molecular weight is 294 g/mol. The molecule has 0 spiro atoms. The summed E-state index contributed by atoms with van der Waals surface area (Å²) >= 11 is 0. The van der Waals surface area contributed by atoms with Crippen molar-refractivity contribution < 1.29 is 13.9 Å². The van der Waals surface area contributed by atoms with E-state index in [4.69, 9.17) is 10.5 Å². The van der Waals surface area contributed by atoms with Crippen LogP contribution in [0.2, 0.25) is 0 Å². The number of halogens is 1. The summed E-state index contributed by atoms with van der Waals surface area (Å²) in [5, 5.41) is 2.90. The van der Waals surface area contributed by atoms with E-state index >= 15 is 0 Å². The molecular formula is C16H23FN2O2. The van der Waals surface area contributed by atoms with E-state index in [9.17, 15) is 9.18 Å². The Bertz CT molecular complexity index is 485. The van der Waals surface area contributed by atoms with Gasteiger partial charge in [-0.3, -0.25) is 4.79 Å². The lowest BCUT2D eigenvalue weighted by molar-refractivity contribution is -0.123. The van der Waals surface area contributed by atoms with Gasteiger partial charge in [-0.1, -0.05) is 18.9 Å².